The van der Waals surface area contributed by atoms with Crippen LogP contribution in [0.15, 0.2) is 40.5 Å². The Bertz CT molecular complexity index is 557. The number of benzene rings is 1. The molecular formula is C12H11NOS. The Labute approximate surface area is 92.0 Å². The lowest BCUT2D eigenvalue weighted by Gasteiger charge is -1.99. The van der Waals surface area contributed by atoms with E-state index in [9.17, 15) is 4.79 Å². The molecule has 1 aromatic heterocycles. The molecule has 2 nitrogen and oxygen atoms in total. The molecule has 2 aromatic rings. The van der Waals surface area contributed by atoms with Crippen LogP contribution in [0, 0.1) is 0 Å². The van der Waals surface area contributed by atoms with Gasteiger partial charge in [0.15, 0.2) is 5.43 Å². The van der Waals surface area contributed by atoms with Crippen molar-refractivity contribution in [3.8, 4) is 0 Å². The first-order chi connectivity index (χ1) is 7.31. The van der Waals surface area contributed by atoms with Gasteiger partial charge in [-0.15, -0.1) is 11.8 Å². The maximum Gasteiger partial charge on any atom is 0.189 e. The van der Waals surface area contributed by atoms with E-state index in [2.05, 4.69) is 4.98 Å². The number of thioether (sulfide) groups is 1. The molecule has 0 aliphatic rings. The molecule has 0 aliphatic carbocycles. The van der Waals surface area contributed by atoms with Gasteiger partial charge in [0.05, 0.1) is 0 Å². The number of hydrogen-bond acceptors (Lipinski definition) is 2. The van der Waals surface area contributed by atoms with Gasteiger partial charge in [0, 0.05) is 22.7 Å². The van der Waals surface area contributed by atoms with Crippen LogP contribution >= 0.6 is 11.8 Å². The first-order valence-corrected chi connectivity index (χ1v) is 5.91. The summed E-state index contributed by atoms with van der Waals surface area (Å²) in [5.74, 6) is 0. The summed E-state index contributed by atoms with van der Waals surface area (Å²) in [7, 11) is 0. The number of H-pyrrole nitrogens is 1. The minimum Gasteiger partial charge on any atom is -0.355 e. The summed E-state index contributed by atoms with van der Waals surface area (Å²) in [4.78, 5) is 14.9. The van der Waals surface area contributed by atoms with E-state index in [1.54, 1.807) is 17.8 Å². The van der Waals surface area contributed by atoms with Crippen molar-refractivity contribution in [2.24, 2.45) is 0 Å². The van der Waals surface area contributed by atoms with Crippen molar-refractivity contribution in [3.63, 3.8) is 0 Å². The summed E-state index contributed by atoms with van der Waals surface area (Å²) in [6.45, 7) is 0. The fraction of sp³-hybridized carbons (Fsp3) is 0.0833. The fourth-order valence-corrected chi connectivity index (χ4v) is 1.73. The lowest BCUT2D eigenvalue weighted by molar-refractivity contribution is 1.35. The van der Waals surface area contributed by atoms with E-state index in [0.29, 0.717) is 0 Å². The third kappa shape index (κ3) is 2.13. The maximum atomic E-state index is 11.7. The van der Waals surface area contributed by atoms with E-state index in [0.717, 1.165) is 16.6 Å². The first kappa shape index (κ1) is 10.1. The van der Waals surface area contributed by atoms with Crippen molar-refractivity contribution in [3.05, 3.63) is 51.7 Å². The average molecular weight is 217 g/mol. The van der Waals surface area contributed by atoms with Crippen LogP contribution in [0.2, 0.25) is 0 Å². The zero-order valence-corrected chi connectivity index (χ0v) is 9.17. The Morgan fingerprint density at radius 2 is 2.13 bits per heavy atom. The third-order valence-electron chi connectivity index (χ3n) is 2.14. The molecule has 0 saturated heterocycles. The molecule has 1 aromatic carbocycles. The second-order valence-electron chi connectivity index (χ2n) is 3.17. The molecule has 76 valence electrons. The van der Waals surface area contributed by atoms with E-state index >= 15 is 0 Å². The van der Waals surface area contributed by atoms with Crippen molar-refractivity contribution in [1.29, 1.82) is 0 Å². The number of aromatic amines is 1. The molecule has 0 saturated carbocycles. The lowest BCUT2D eigenvalue weighted by Crippen LogP contribution is -2.02. The summed E-state index contributed by atoms with van der Waals surface area (Å²) in [6.07, 6.45) is 3.88. The van der Waals surface area contributed by atoms with Crippen molar-refractivity contribution >= 4 is 28.7 Å². The Morgan fingerprint density at radius 1 is 1.33 bits per heavy atom. The molecule has 0 radical (unpaired) electrons. The Hall–Kier alpha value is -1.48. The molecule has 1 heterocycles. The third-order valence-corrected chi connectivity index (χ3v) is 2.55. The van der Waals surface area contributed by atoms with Crippen LogP contribution in [0.1, 0.15) is 5.69 Å². The molecular weight excluding hydrogens is 206 g/mol. The summed E-state index contributed by atoms with van der Waals surface area (Å²) >= 11 is 1.61. The number of pyridine rings is 1. The van der Waals surface area contributed by atoms with Gasteiger partial charge in [0.2, 0.25) is 0 Å². The average Bonchev–Trinajstić information content (AvgIpc) is 2.26. The molecule has 0 atom stereocenters. The minimum atomic E-state index is 0.0603. The number of aromatic nitrogens is 1. The highest BCUT2D eigenvalue weighted by Crippen LogP contribution is 2.09. The SMILES string of the molecule is CS/C=C/c1cc(=O)c2ccccc2[nH]1. The van der Waals surface area contributed by atoms with Gasteiger partial charge in [-0.25, -0.2) is 0 Å². The molecule has 0 unspecified atom stereocenters. The van der Waals surface area contributed by atoms with Crippen molar-refractivity contribution in [2.45, 2.75) is 0 Å². The van der Waals surface area contributed by atoms with Crippen molar-refractivity contribution in [2.75, 3.05) is 6.26 Å². The molecule has 0 fully saturated rings. The maximum absolute atomic E-state index is 11.7. The second kappa shape index (κ2) is 4.36. The molecule has 0 bridgehead atoms. The van der Waals surface area contributed by atoms with Gasteiger partial charge in [0.1, 0.15) is 0 Å². The lowest BCUT2D eigenvalue weighted by atomic mass is 10.2. The zero-order valence-electron chi connectivity index (χ0n) is 8.36. The Balaban J connectivity index is 2.62. The van der Waals surface area contributed by atoms with Crippen LogP contribution in [0.5, 0.6) is 0 Å². The van der Waals surface area contributed by atoms with Crippen molar-refractivity contribution < 1.29 is 0 Å². The van der Waals surface area contributed by atoms with Crippen LogP contribution in [0.3, 0.4) is 0 Å². The standard InChI is InChI=1S/C12H11NOS/c1-15-7-6-9-8-12(14)10-4-2-3-5-11(10)13-9/h2-8H,1H3,(H,13,14)/b7-6+. The van der Waals surface area contributed by atoms with Crippen LogP contribution < -0.4 is 5.43 Å². The fourth-order valence-electron chi connectivity index (χ4n) is 1.45. The molecule has 3 heteroatoms. The van der Waals surface area contributed by atoms with Crippen LogP contribution in [0.4, 0.5) is 0 Å². The van der Waals surface area contributed by atoms with Gasteiger partial charge in [-0.3, -0.25) is 4.79 Å². The highest BCUT2D eigenvalue weighted by molar-refractivity contribution is 8.01. The van der Waals surface area contributed by atoms with Crippen LogP contribution in [0.25, 0.3) is 17.0 Å². The first-order valence-electron chi connectivity index (χ1n) is 4.62. The summed E-state index contributed by atoms with van der Waals surface area (Å²) in [5.41, 5.74) is 1.78. The smallest absolute Gasteiger partial charge is 0.189 e. The van der Waals surface area contributed by atoms with Gasteiger partial charge in [-0.2, -0.15) is 0 Å². The minimum absolute atomic E-state index is 0.0603. The summed E-state index contributed by atoms with van der Waals surface area (Å²) < 4.78 is 0. The number of nitrogens with one attached hydrogen (secondary N) is 1. The quantitative estimate of drug-likeness (QED) is 0.839. The predicted octanol–water partition coefficient (Wildman–Crippen LogP) is 2.86. The second-order valence-corrected chi connectivity index (χ2v) is 3.92. The van der Waals surface area contributed by atoms with Gasteiger partial charge in [-0.1, -0.05) is 12.1 Å². The van der Waals surface area contributed by atoms with Gasteiger partial charge in [-0.05, 0) is 29.9 Å². The summed E-state index contributed by atoms with van der Waals surface area (Å²) in [6, 6.07) is 9.15. The van der Waals surface area contributed by atoms with Gasteiger partial charge < -0.3 is 4.98 Å². The number of fused-ring (bicyclic) bond motifs is 1. The Morgan fingerprint density at radius 3 is 2.93 bits per heavy atom. The van der Waals surface area contributed by atoms with E-state index in [1.165, 1.54) is 0 Å². The van der Waals surface area contributed by atoms with Gasteiger partial charge in [0.25, 0.3) is 0 Å². The Kier molecular flexibility index (Phi) is 2.92. The molecule has 1 N–H and O–H groups in total. The normalized spacial score (nSPS) is 11.3. The largest absolute Gasteiger partial charge is 0.355 e. The highest BCUT2D eigenvalue weighted by Gasteiger charge is 1.98. The number of hydrogen-bond donors (Lipinski definition) is 1. The highest BCUT2D eigenvalue weighted by atomic mass is 32.2. The van der Waals surface area contributed by atoms with E-state index in [-0.39, 0.29) is 5.43 Å². The van der Waals surface area contributed by atoms with Gasteiger partial charge >= 0.3 is 0 Å². The van der Waals surface area contributed by atoms with Crippen molar-refractivity contribution in [1.82, 2.24) is 4.98 Å². The van der Waals surface area contributed by atoms with E-state index < -0.39 is 0 Å². The van der Waals surface area contributed by atoms with Crippen LogP contribution in [-0.4, -0.2) is 11.2 Å². The van der Waals surface area contributed by atoms with E-state index in [4.69, 9.17) is 0 Å². The van der Waals surface area contributed by atoms with E-state index in [1.807, 2.05) is 42.0 Å². The molecule has 0 amide bonds. The molecule has 0 aliphatic heterocycles. The molecule has 2 rings (SSSR count). The number of para-hydroxylation sites is 1. The molecule has 0 spiro atoms. The summed E-state index contributed by atoms with van der Waals surface area (Å²) in [5, 5.41) is 2.68. The van der Waals surface area contributed by atoms with Crippen LogP contribution in [-0.2, 0) is 0 Å². The predicted molar refractivity (Wildman–Crippen MR) is 67.1 cm³/mol. The monoisotopic (exact) mass is 217 g/mol. The zero-order chi connectivity index (χ0) is 10.7. The molecule has 15 heavy (non-hydrogen) atoms. The number of rotatable bonds is 2. The topological polar surface area (TPSA) is 32.9 Å².